The lowest BCUT2D eigenvalue weighted by Crippen LogP contribution is -2.47. The lowest BCUT2D eigenvalue weighted by Gasteiger charge is -2.46. The Hall–Kier alpha value is -3.38. The molecule has 0 aromatic heterocycles. The van der Waals surface area contributed by atoms with Crippen molar-refractivity contribution in [3.05, 3.63) is 82.7 Å². The maximum Gasteiger partial charge on any atom is 0.309 e. The Morgan fingerprint density at radius 2 is 1.75 bits per heavy atom. The summed E-state index contributed by atoms with van der Waals surface area (Å²) in [6, 6.07) is 17.0. The summed E-state index contributed by atoms with van der Waals surface area (Å²) in [6.07, 6.45) is 3.54. The van der Waals surface area contributed by atoms with Crippen LogP contribution in [0.3, 0.4) is 0 Å². The number of fused-ring (bicyclic) bond motifs is 2. The second kappa shape index (κ2) is 10.9. The van der Waals surface area contributed by atoms with Crippen LogP contribution in [0.1, 0.15) is 68.4 Å². The summed E-state index contributed by atoms with van der Waals surface area (Å²) in [7, 11) is 4.74. The van der Waals surface area contributed by atoms with Gasteiger partial charge in [0.05, 0.1) is 26.2 Å². The summed E-state index contributed by atoms with van der Waals surface area (Å²) in [4.78, 5) is 12.4. The standard InChI is InChI=1S/C34H39FO5/c1-33(2,3)31(38-5)27-17-21(7-11-25(27)26-18-23(37-4)10-12-30(26)35)20-40-24-9-8-22-13-15-34(29(22)19-24)16-14-28(34)32(36)39-6/h7-12,17-19,28,31H,13-16,20H2,1-6H3/t28?,31-,34?/m1/s1. The van der Waals surface area contributed by atoms with E-state index in [4.69, 9.17) is 18.9 Å². The fourth-order valence-electron chi connectivity index (χ4n) is 6.68. The van der Waals surface area contributed by atoms with Crippen molar-refractivity contribution >= 4 is 5.97 Å². The van der Waals surface area contributed by atoms with Gasteiger partial charge in [-0.1, -0.05) is 39.0 Å². The quantitative estimate of drug-likeness (QED) is 0.273. The summed E-state index contributed by atoms with van der Waals surface area (Å²) >= 11 is 0. The first kappa shape index (κ1) is 28.2. The minimum absolute atomic E-state index is 0.0792. The van der Waals surface area contributed by atoms with Crippen LogP contribution in [0.2, 0.25) is 0 Å². The Morgan fingerprint density at radius 3 is 2.40 bits per heavy atom. The predicted octanol–water partition coefficient (Wildman–Crippen LogP) is 7.58. The highest BCUT2D eigenvalue weighted by Crippen LogP contribution is 2.57. The summed E-state index contributed by atoms with van der Waals surface area (Å²) in [5.41, 5.74) is 5.25. The second-order valence-electron chi connectivity index (χ2n) is 12.1. The molecule has 0 bridgehead atoms. The average Bonchev–Trinajstić information content (AvgIpc) is 3.32. The third kappa shape index (κ3) is 4.98. The molecule has 6 heteroatoms. The first-order valence-corrected chi connectivity index (χ1v) is 13.9. The van der Waals surface area contributed by atoms with E-state index in [0.29, 0.717) is 17.9 Å². The molecule has 5 rings (SSSR count). The van der Waals surface area contributed by atoms with Gasteiger partial charge < -0.3 is 18.9 Å². The first-order chi connectivity index (χ1) is 19.1. The molecule has 1 fully saturated rings. The van der Waals surface area contributed by atoms with Gasteiger partial charge in [-0.25, -0.2) is 4.39 Å². The van der Waals surface area contributed by atoms with Crippen LogP contribution >= 0.6 is 0 Å². The summed E-state index contributed by atoms with van der Waals surface area (Å²) in [6.45, 7) is 6.68. The van der Waals surface area contributed by atoms with Gasteiger partial charge >= 0.3 is 5.97 Å². The normalized spacial score (nSPS) is 20.5. The smallest absolute Gasteiger partial charge is 0.309 e. The van der Waals surface area contributed by atoms with E-state index in [1.807, 2.05) is 18.2 Å². The van der Waals surface area contributed by atoms with Crippen LogP contribution in [0.25, 0.3) is 11.1 Å². The topological polar surface area (TPSA) is 54.0 Å². The van der Waals surface area contributed by atoms with Gasteiger partial charge in [0, 0.05) is 18.1 Å². The predicted molar refractivity (Wildman–Crippen MR) is 153 cm³/mol. The Morgan fingerprint density at radius 1 is 0.975 bits per heavy atom. The first-order valence-electron chi connectivity index (χ1n) is 13.9. The van der Waals surface area contributed by atoms with Crippen LogP contribution in [0.4, 0.5) is 4.39 Å². The van der Waals surface area contributed by atoms with Crippen LogP contribution in [-0.4, -0.2) is 27.3 Å². The monoisotopic (exact) mass is 546 g/mol. The second-order valence-corrected chi connectivity index (χ2v) is 12.1. The molecule has 0 radical (unpaired) electrons. The number of carbonyl (C=O) groups excluding carboxylic acids is 1. The molecule has 40 heavy (non-hydrogen) atoms. The molecule has 3 aromatic rings. The number of rotatable bonds is 8. The van der Waals surface area contributed by atoms with Gasteiger partial charge in [-0.05, 0) is 95.3 Å². The zero-order valence-electron chi connectivity index (χ0n) is 24.3. The van der Waals surface area contributed by atoms with E-state index in [1.165, 1.54) is 24.3 Å². The number of benzene rings is 3. The molecule has 0 N–H and O–H groups in total. The van der Waals surface area contributed by atoms with E-state index < -0.39 is 0 Å². The fourth-order valence-corrected chi connectivity index (χ4v) is 6.68. The van der Waals surface area contributed by atoms with Crippen LogP contribution in [-0.2, 0) is 32.7 Å². The number of esters is 1. The fraction of sp³-hybridized carbons (Fsp3) is 0.441. The number of methoxy groups -OCH3 is 3. The van der Waals surface area contributed by atoms with Crippen molar-refractivity contribution in [3.63, 3.8) is 0 Å². The van der Waals surface area contributed by atoms with E-state index >= 15 is 4.39 Å². The maximum atomic E-state index is 15.1. The molecule has 2 aliphatic rings. The number of aryl methyl sites for hydroxylation is 1. The number of hydrogen-bond donors (Lipinski definition) is 0. The Kier molecular flexibility index (Phi) is 7.66. The van der Waals surface area contributed by atoms with Crippen molar-refractivity contribution < 1.29 is 28.1 Å². The third-order valence-electron chi connectivity index (χ3n) is 8.78. The van der Waals surface area contributed by atoms with Crippen molar-refractivity contribution in [2.75, 3.05) is 21.3 Å². The molecule has 3 atom stereocenters. The SMILES string of the molecule is COC(=O)C1CCC12CCc1ccc(OCc3ccc(-c4cc(OC)ccc4F)c([C@@H](OC)C(C)(C)C)c3)cc12. The highest BCUT2D eigenvalue weighted by atomic mass is 19.1. The molecular weight excluding hydrogens is 507 g/mol. The van der Waals surface area contributed by atoms with Gasteiger partial charge in [0.1, 0.15) is 23.9 Å². The van der Waals surface area contributed by atoms with Crippen LogP contribution in [0.5, 0.6) is 11.5 Å². The van der Waals surface area contributed by atoms with Crippen molar-refractivity contribution in [1.82, 2.24) is 0 Å². The average molecular weight is 547 g/mol. The highest BCUT2D eigenvalue weighted by Gasteiger charge is 2.55. The van der Waals surface area contributed by atoms with E-state index in [-0.39, 0.29) is 34.6 Å². The van der Waals surface area contributed by atoms with Crippen molar-refractivity contribution in [1.29, 1.82) is 0 Å². The van der Waals surface area contributed by atoms with E-state index in [2.05, 4.69) is 39.0 Å². The van der Waals surface area contributed by atoms with Gasteiger partial charge in [0.25, 0.3) is 0 Å². The Labute approximate surface area is 236 Å². The third-order valence-corrected chi connectivity index (χ3v) is 8.78. The molecule has 0 aliphatic heterocycles. The van der Waals surface area contributed by atoms with Gasteiger partial charge in [0.2, 0.25) is 0 Å². The molecule has 0 saturated heterocycles. The zero-order valence-corrected chi connectivity index (χ0v) is 24.3. The molecule has 212 valence electrons. The van der Waals surface area contributed by atoms with Gasteiger partial charge in [-0.15, -0.1) is 0 Å². The van der Waals surface area contributed by atoms with Crippen molar-refractivity contribution in [2.45, 2.75) is 64.6 Å². The molecular formula is C34H39FO5. The van der Waals surface area contributed by atoms with E-state index in [0.717, 1.165) is 48.1 Å². The lowest BCUT2D eigenvalue weighted by molar-refractivity contribution is -0.153. The summed E-state index contributed by atoms with van der Waals surface area (Å²) in [5, 5.41) is 0. The number of hydrogen-bond acceptors (Lipinski definition) is 5. The van der Waals surface area contributed by atoms with Crippen LogP contribution in [0.15, 0.2) is 54.6 Å². The number of carbonyl (C=O) groups is 1. The minimum Gasteiger partial charge on any atom is -0.497 e. The van der Waals surface area contributed by atoms with Crippen LogP contribution < -0.4 is 9.47 Å². The maximum absolute atomic E-state index is 15.1. The number of ether oxygens (including phenoxy) is 4. The molecule has 0 heterocycles. The molecule has 1 spiro atoms. The highest BCUT2D eigenvalue weighted by molar-refractivity contribution is 5.77. The van der Waals surface area contributed by atoms with Gasteiger partial charge in [0.15, 0.2) is 0 Å². The molecule has 1 saturated carbocycles. The molecule has 5 nitrogen and oxygen atoms in total. The minimum atomic E-state index is -0.317. The van der Waals surface area contributed by atoms with E-state index in [9.17, 15) is 4.79 Å². The van der Waals surface area contributed by atoms with Crippen LogP contribution in [0, 0.1) is 17.2 Å². The lowest BCUT2D eigenvalue weighted by atomic mass is 9.57. The number of halogens is 1. The largest absolute Gasteiger partial charge is 0.497 e. The molecule has 3 aromatic carbocycles. The zero-order chi connectivity index (χ0) is 28.7. The summed E-state index contributed by atoms with van der Waals surface area (Å²) < 4.78 is 37.8. The molecule has 0 amide bonds. The van der Waals surface area contributed by atoms with E-state index in [1.54, 1.807) is 26.4 Å². The molecule has 2 aliphatic carbocycles. The Balaban J connectivity index is 1.45. The Bertz CT molecular complexity index is 1410. The van der Waals surface area contributed by atoms with Crippen molar-refractivity contribution in [2.24, 2.45) is 11.3 Å². The van der Waals surface area contributed by atoms with Gasteiger partial charge in [-0.3, -0.25) is 4.79 Å². The van der Waals surface area contributed by atoms with Crippen molar-refractivity contribution in [3.8, 4) is 22.6 Å². The van der Waals surface area contributed by atoms with Gasteiger partial charge in [-0.2, -0.15) is 0 Å². The molecule has 2 unspecified atom stereocenters. The summed E-state index contributed by atoms with van der Waals surface area (Å²) in [5.74, 6) is 0.860.